The van der Waals surface area contributed by atoms with E-state index < -0.39 is 16.7 Å². The van der Waals surface area contributed by atoms with Gasteiger partial charge in [-0.1, -0.05) is 15.9 Å². The lowest BCUT2D eigenvalue weighted by Crippen LogP contribution is -2.60. The molecule has 7 nitrogen and oxygen atoms in total. The summed E-state index contributed by atoms with van der Waals surface area (Å²) in [5.41, 5.74) is 0.588. The smallest absolute Gasteiger partial charge is 0.223 e. The Balaban J connectivity index is 1.29. The number of hydrogen-bond donors (Lipinski definition) is 2. The highest BCUT2D eigenvalue weighted by molar-refractivity contribution is 9.10. The van der Waals surface area contributed by atoms with Crippen LogP contribution in [0.1, 0.15) is 39.0 Å². The molecule has 0 radical (unpaired) electrons. The van der Waals surface area contributed by atoms with Gasteiger partial charge in [-0.05, 0) is 68.0 Å². The van der Waals surface area contributed by atoms with Gasteiger partial charge in [0.1, 0.15) is 11.3 Å². The molecule has 2 N–H and O–H groups in total. The summed E-state index contributed by atoms with van der Waals surface area (Å²) in [6, 6.07) is 9.32. The van der Waals surface area contributed by atoms with Crippen LogP contribution in [0.25, 0.3) is 0 Å². The van der Waals surface area contributed by atoms with Crippen molar-refractivity contribution < 1.29 is 9.66 Å². The van der Waals surface area contributed by atoms with Crippen molar-refractivity contribution >= 4 is 44.6 Å². The second kappa shape index (κ2) is 7.61. The topological polar surface area (TPSA) is 86.5 Å². The Morgan fingerprint density at radius 2 is 1.88 bits per heavy atom. The zero-order valence-corrected chi connectivity index (χ0v) is 20.7. The SMILES string of the molecule is CC12CC[S+]([O-])C1C(NC1(CO)CC1)=NC(N1C3CCC1CN(c1ccc(Br)cc1)C3)=N2. The fourth-order valence-electron chi connectivity index (χ4n) is 5.84. The van der Waals surface area contributed by atoms with E-state index in [1.54, 1.807) is 0 Å². The van der Waals surface area contributed by atoms with Crippen LogP contribution in [0.3, 0.4) is 0 Å². The molecule has 2 bridgehead atoms. The number of rotatable bonds is 3. The summed E-state index contributed by atoms with van der Waals surface area (Å²) < 4.78 is 14.0. The molecular formula is C23H30BrN5O2S. The molecule has 0 amide bonds. The van der Waals surface area contributed by atoms with E-state index in [0.29, 0.717) is 17.8 Å². The molecule has 0 aromatic heterocycles. The second-order valence-corrected chi connectivity index (χ2v) is 12.8. The zero-order chi connectivity index (χ0) is 22.1. The van der Waals surface area contributed by atoms with Gasteiger partial charge in [-0.25, -0.2) is 4.99 Å². The van der Waals surface area contributed by atoms with E-state index >= 15 is 0 Å². The summed E-state index contributed by atoms with van der Waals surface area (Å²) in [5.74, 6) is 2.26. The normalized spacial score (nSPS) is 37.1. The van der Waals surface area contributed by atoms with Crippen molar-refractivity contribution in [2.24, 2.45) is 9.98 Å². The van der Waals surface area contributed by atoms with E-state index in [9.17, 15) is 9.66 Å². The van der Waals surface area contributed by atoms with Crippen LogP contribution in [-0.2, 0) is 11.2 Å². The minimum absolute atomic E-state index is 0.0890. The van der Waals surface area contributed by atoms with Gasteiger partial charge in [-0.2, -0.15) is 4.99 Å². The Morgan fingerprint density at radius 1 is 1.19 bits per heavy atom. The van der Waals surface area contributed by atoms with Gasteiger partial charge in [0, 0.05) is 41.8 Å². The number of nitrogens with one attached hydrogen (secondary N) is 1. The Bertz CT molecular complexity index is 954. The number of aliphatic hydroxyl groups excluding tert-OH is 1. The summed E-state index contributed by atoms with van der Waals surface area (Å²) in [4.78, 5) is 15.1. The third-order valence-corrected chi connectivity index (χ3v) is 10.3. The summed E-state index contributed by atoms with van der Waals surface area (Å²) >= 11 is 2.55. The average molecular weight is 520 g/mol. The summed E-state index contributed by atoms with van der Waals surface area (Å²) in [5, 5.41) is 13.2. The minimum atomic E-state index is -0.985. The van der Waals surface area contributed by atoms with Crippen molar-refractivity contribution in [3.8, 4) is 0 Å². The first-order valence-corrected chi connectivity index (χ1v) is 13.8. The first kappa shape index (κ1) is 21.3. The molecule has 32 heavy (non-hydrogen) atoms. The number of anilines is 1. The minimum Gasteiger partial charge on any atom is -0.616 e. The molecule has 9 heteroatoms. The molecule has 1 aromatic rings. The van der Waals surface area contributed by atoms with E-state index in [1.165, 1.54) is 5.69 Å². The molecule has 4 fully saturated rings. The lowest BCUT2D eigenvalue weighted by atomic mass is 9.93. The van der Waals surface area contributed by atoms with Crippen LogP contribution in [0.4, 0.5) is 5.69 Å². The number of aliphatic imine (C=N–C) groups is 2. The number of nitrogens with zero attached hydrogens (tertiary/aromatic N) is 4. The fourth-order valence-corrected chi connectivity index (χ4v) is 8.05. The van der Waals surface area contributed by atoms with Crippen molar-refractivity contribution in [1.82, 2.24) is 10.2 Å². The Kier molecular flexibility index (Phi) is 5.06. The van der Waals surface area contributed by atoms with Crippen LogP contribution < -0.4 is 10.2 Å². The van der Waals surface area contributed by atoms with Gasteiger partial charge in [-0.3, -0.25) is 0 Å². The van der Waals surface area contributed by atoms with Crippen molar-refractivity contribution in [3.05, 3.63) is 28.7 Å². The zero-order valence-electron chi connectivity index (χ0n) is 18.3. The fraction of sp³-hybridized carbons (Fsp3) is 0.652. The maximum absolute atomic E-state index is 12.9. The Labute approximate surface area is 200 Å². The van der Waals surface area contributed by atoms with Crippen molar-refractivity contribution in [1.29, 1.82) is 0 Å². The van der Waals surface area contributed by atoms with Gasteiger partial charge >= 0.3 is 0 Å². The van der Waals surface area contributed by atoms with Crippen molar-refractivity contribution in [2.75, 3.05) is 30.3 Å². The largest absolute Gasteiger partial charge is 0.616 e. The van der Waals surface area contributed by atoms with Gasteiger partial charge in [0.05, 0.1) is 12.1 Å². The third kappa shape index (κ3) is 3.47. The first-order valence-electron chi connectivity index (χ1n) is 11.6. The first-order chi connectivity index (χ1) is 15.4. The molecule has 5 unspecified atom stereocenters. The van der Waals surface area contributed by atoms with E-state index in [1.807, 2.05) is 0 Å². The standard InChI is InChI=1S/C23H30BrN5O2S/c1-22-10-11-32(31)19(22)20(26-23(14-30)8-9-23)25-21(27-22)29-17-6-7-18(29)13-28(12-17)16-4-2-15(24)3-5-16/h2-5,17-19,30H,6-14H2,1H3,(H,25,26,27). The quantitative estimate of drug-likeness (QED) is 0.598. The van der Waals surface area contributed by atoms with Gasteiger partial charge in [0.2, 0.25) is 5.96 Å². The monoisotopic (exact) mass is 519 g/mol. The molecule has 172 valence electrons. The van der Waals surface area contributed by atoms with Crippen LogP contribution in [0.15, 0.2) is 38.7 Å². The molecule has 1 aliphatic carbocycles. The highest BCUT2D eigenvalue weighted by atomic mass is 79.9. The molecule has 5 aliphatic rings. The van der Waals surface area contributed by atoms with Crippen LogP contribution in [0, 0.1) is 0 Å². The molecule has 4 heterocycles. The van der Waals surface area contributed by atoms with Crippen molar-refractivity contribution in [3.63, 3.8) is 0 Å². The third-order valence-electron chi connectivity index (χ3n) is 7.92. The van der Waals surface area contributed by atoms with Crippen LogP contribution >= 0.6 is 15.9 Å². The molecular weight excluding hydrogens is 490 g/mol. The van der Waals surface area contributed by atoms with Crippen LogP contribution in [0.5, 0.6) is 0 Å². The molecule has 3 saturated heterocycles. The molecule has 1 aromatic carbocycles. The number of fused-ring (bicyclic) bond motifs is 3. The molecule has 0 spiro atoms. The lowest BCUT2D eigenvalue weighted by molar-refractivity contribution is 0.243. The van der Waals surface area contributed by atoms with E-state index in [2.05, 4.69) is 62.2 Å². The Morgan fingerprint density at radius 3 is 2.50 bits per heavy atom. The average Bonchev–Trinajstić information content (AvgIpc) is 3.41. The molecule has 5 atom stereocenters. The maximum atomic E-state index is 12.9. The van der Waals surface area contributed by atoms with Gasteiger partial charge in [-0.15, -0.1) is 0 Å². The second-order valence-electron chi connectivity index (χ2n) is 10.2. The Hall–Kier alpha value is -1.29. The number of guanidine groups is 1. The molecule has 1 saturated carbocycles. The number of benzene rings is 1. The van der Waals surface area contributed by atoms with E-state index in [4.69, 9.17) is 9.98 Å². The van der Waals surface area contributed by atoms with E-state index in [0.717, 1.165) is 61.5 Å². The highest BCUT2D eigenvalue weighted by Gasteiger charge is 2.57. The number of halogens is 1. The predicted molar refractivity (Wildman–Crippen MR) is 132 cm³/mol. The number of hydrogen-bond acceptors (Lipinski definition) is 7. The molecule has 4 aliphatic heterocycles. The number of amidine groups is 1. The van der Waals surface area contributed by atoms with E-state index in [-0.39, 0.29) is 17.4 Å². The lowest BCUT2D eigenvalue weighted by Gasteiger charge is -2.44. The summed E-state index contributed by atoms with van der Waals surface area (Å²) in [6.07, 6.45) is 4.96. The number of aliphatic hydroxyl groups is 1. The van der Waals surface area contributed by atoms with Crippen LogP contribution in [0.2, 0.25) is 0 Å². The summed E-state index contributed by atoms with van der Waals surface area (Å²) in [7, 11) is 0. The number of piperazine rings is 1. The van der Waals surface area contributed by atoms with Gasteiger partial charge in [0.25, 0.3) is 0 Å². The van der Waals surface area contributed by atoms with Gasteiger partial charge < -0.3 is 24.8 Å². The predicted octanol–water partition coefficient (Wildman–Crippen LogP) is 2.26. The maximum Gasteiger partial charge on any atom is 0.223 e. The summed E-state index contributed by atoms with van der Waals surface area (Å²) in [6.45, 7) is 4.15. The highest BCUT2D eigenvalue weighted by Crippen LogP contribution is 2.42. The van der Waals surface area contributed by atoms with Gasteiger partial charge in [0.15, 0.2) is 11.1 Å². The molecule has 6 rings (SSSR count). The van der Waals surface area contributed by atoms with Crippen LogP contribution in [-0.4, -0.2) is 80.2 Å². The van der Waals surface area contributed by atoms with Crippen molar-refractivity contribution in [2.45, 2.75) is 67.4 Å².